The minimum absolute atomic E-state index is 0.0441. The number of pyridine rings is 1. The summed E-state index contributed by atoms with van der Waals surface area (Å²) in [5.41, 5.74) is 3.10. The second kappa shape index (κ2) is 7.87. The van der Waals surface area contributed by atoms with Crippen LogP contribution in [-0.4, -0.2) is 41.7 Å². The second-order valence-corrected chi connectivity index (χ2v) is 7.19. The van der Waals surface area contributed by atoms with Crippen molar-refractivity contribution in [3.05, 3.63) is 54.2 Å². The van der Waals surface area contributed by atoms with Crippen molar-refractivity contribution in [2.45, 2.75) is 31.8 Å². The monoisotopic (exact) mass is 351 g/mol. The maximum Gasteiger partial charge on any atom is 0.317 e. The smallest absolute Gasteiger partial charge is 0.317 e. The molecule has 1 aliphatic carbocycles. The first kappa shape index (κ1) is 17.0. The normalized spacial score (nSPS) is 19.3. The Morgan fingerprint density at radius 3 is 2.85 bits per heavy atom. The molecule has 1 saturated carbocycles. The van der Waals surface area contributed by atoms with E-state index in [-0.39, 0.29) is 6.03 Å². The van der Waals surface area contributed by atoms with Gasteiger partial charge in [0.1, 0.15) is 0 Å². The number of nitrogens with one attached hydrogen (secondary N) is 1. The molecule has 5 heteroatoms. The number of amides is 2. The number of aromatic nitrogens is 1. The lowest BCUT2D eigenvalue weighted by Crippen LogP contribution is -2.43. The predicted molar refractivity (Wildman–Crippen MR) is 101 cm³/mol. The van der Waals surface area contributed by atoms with Crippen LogP contribution >= 0.6 is 0 Å². The van der Waals surface area contributed by atoms with Crippen molar-refractivity contribution < 1.29 is 9.53 Å². The molecule has 0 spiro atoms. The van der Waals surface area contributed by atoms with Gasteiger partial charge in [-0.3, -0.25) is 4.98 Å². The number of carbonyl (C=O) groups is 1. The van der Waals surface area contributed by atoms with E-state index in [4.69, 9.17) is 4.74 Å². The van der Waals surface area contributed by atoms with Gasteiger partial charge in [-0.05, 0) is 43.0 Å². The molecule has 1 aliphatic heterocycles. The van der Waals surface area contributed by atoms with Gasteiger partial charge >= 0.3 is 6.03 Å². The summed E-state index contributed by atoms with van der Waals surface area (Å²) in [7, 11) is 0. The van der Waals surface area contributed by atoms with Crippen LogP contribution in [0.25, 0.3) is 11.3 Å². The molecule has 0 radical (unpaired) electrons. The minimum atomic E-state index is 0.0441. The van der Waals surface area contributed by atoms with Crippen LogP contribution in [0.3, 0.4) is 0 Å². The first-order valence-corrected chi connectivity index (χ1v) is 9.42. The Morgan fingerprint density at radius 2 is 2.12 bits per heavy atom. The van der Waals surface area contributed by atoms with Gasteiger partial charge < -0.3 is 15.0 Å². The summed E-state index contributed by atoms with van der Waals surface area (Å²) in [6, 6.07) is 14.5. The van der Waals surface area contributed by atoms with Crippen LogP contribution in [-0.2, 0) is 11.3 Å². The van der Waals surface area contributed by atoms with Crippen LogP contribution in [0, 0.1) is 5.92 Å². The molecule has 1 atom stereocenters. The highest BCUT2D eigenvalue weighted by Gasteiger charge is 2.34. The Hall–Kier alpha value is -2.40. The zero-order valence-corrected chi connectivity index (χ0v) is 14.9. The lowest BCUT2D eigenvalue weighted by Gasteiger charge is -2.25. The fraction of sp³-hybridized carbons (Fsp3) is 0.429. The summed E-state index contributed by atoms with van der Waals surface area (Å²) >= 11 is 0. The van der Waals surface area contributed by atoms with Crippen molar-refractivity contribution in [2.75, 3.05) is 19.8 Å². The average Bonchev–Trinajstić information content (AvgIpc) is 3.40. The van der Waals surface area contributed by atoms with Gasteiger partial charge in [-0.25, -0.2) is 4.79 Å². The topological polar surface area (TPSA) is 54.5 Å². The summed E-state index contributed by atoms with van der Waals surface area (Å²) in [5, 5.41) is 3.10. The summed E-state index contributed by atoms with van der Waals surface area (Å²) in [5.74, 6) is 0.480. The zero-order chi connectivity index (χ0) is 17.8. The molecule has 5 nitrogen and oxygen atoms in total. The van der Waals surface area contributed by atoms with Gasteiger partial charge in [0.2, 0.25) is 0 Å². The summed E-state index contributed by atoms with van der Waals surface area (Å²) in [6.45, 7) is 2.95. The first-order chi connectivity index (χ1) is 12.8. The Balaban J connectivity index is 1.37. The number of hydrogen-bond donors (Lipinski definition) is 1. The van der Waals surface area contributed by atoms with Crippen molar-refractivity contribution in [3.8, 4) is 11.3 Å². The molecule has 2 aliphatic rings. The molecule has 2 fully saturated rings. The fourth-order valence-electron chi connectivity index (χ4n) is 3.44. The molecule has 1 aromatic carbocycles. The molecule has 4 rings (SSSR count). The molecule has 2 aromatic rings. The lowest BCUT2D eigenvalue weighted by molar-refractivity contribution is 0.162. The Labute approximate surface area is 154 Å². The fourth-order valence-corrected chi connectivity index (χ4v) is 3.44. The summed E-state index contributed by atoms with van der Waals surface area (Å²) in [6.07, 6.45) is 5.10. The van der Waals surface area contributed by atoms with Crippen molar-refractivity contribution in [1.82, 2.24) is 15.2 Å². The highest BCUT2D eigenvalue weighted by molar-refractivity contribution is 5.75. The molecule has 2 heterocycles. The second-order valence-electron chi connectivity index (χ2n) is 7.19. The van der Waals surface area contributed by atoms with E-state index in [1.807, 2.05) is 41.3 Å². The molecule has 1 unspecified atom stereocenters. The number of ether oxygens (including phenoxy) is 1. The number of hydrogen-bond acceptors (Lipinski definition) is 3. The predicted octanol–water partition coefficient (Wildman–Crippen LogP) is 3.46. The van der Waals surface area contributed by atoms with Crippen LogP contribution in [0.2, 0.25) is 0 Å². The molecule has 1 saturated heterocycles. The number of rotatable bonds is 6. The average molecular weight is 351 g/mol. The molecule has 2 amide bonds. The van der Waals surface area contributed by atoms with Gasteiger partial charge in [-0.1, -0.05) is 24.3 Å². The van der Waals surface area contributed by atoms with Gasteiger partial charge in [0.05, 0.1) is 12.3 Å². The summed E-state index contributed by atoms with van der Waals surface area (Å²) < 4.78 is 5.46. The van der Waals surface area contributed by atoms with E-state index in [2.05, 4.69) is 16.4 Å². The van der Waals surface area contributed by atoms with Gasteiger partial charge in [0, 0.05) is 43.4 Å². The van der Waals surface area contributed by atoms with Gasteiger partial charge in [0.15, 0.2) is 0 Å². The molecule has 1 aromatic heterocycles. The third-order valence-electron chi connectivity index (χ3n) is 5.06. The van der Waals surface area contributed by atoms with Crippen LogP contribution in [0.5, 0.6) is 0 Å². The molecule has 136 valence electrons. The third-order valence-corrected chi connectivity index (χ3v) is 5.06. The van der Waals surface area contributed by atoms with Crippen LogP contribution in [0.15, 0.2) is 48.7 Å². The Bertz CT molecular complexity index is 740. The number of benzene rings is 1. The van der Waals surface area contributed by atoms with Crippen LogP contribution in [0.4, 0.5) is 4.79 Å². The minimum Gasteiger partial charge on any atom is -0.381 e. The standard InChI is InChI=1S/C21H25N3O2/c25-21(24(19-7-8-19)14-17-9-11-26-15-17)23-13-16-4-3-5-18(12-16)20-6-1-2-10-22-20/h1-6,10,12,17,19H,7-9,11,13-15H2,(H,23,25). The van der Waals surface area contributed by atoms with Crippen molar-refractivity contribution in [1.29, 1.82) is 0 Å². The van der Waals surface area contributed by atoms with E-state index in [0.717, 1.165) is 55.8 Å². The highest BCUT2D eigenvalue weighted by Crippen LogP contribution is 2.29. The van der Waals surface area contributed by atoms with Gasteiger partial charge in [-0.15, -0.1) is 0 Å². The van der Waals surface area contributed by atoms with Crippen molar-refractivity contribution >= 4 is 6.03 Å². The molecule has 26 heavy (non-hydrogen) atoms. The van der Waals surface area contributed by atoms with E-state index in [1.165, 1.54) is 0 Å². The van der Waals surface area contributed by atoms with Crippen LogP contribution < -0.4 is 5.32 Å². The Morgan fingerprint density at radius 1 is 1.19 bits per heavy atom. The molecule has 0 bridgehead atoms. The number of urea groups is 1. The van der Waals surface area contributed by atoms with E-state index in [1.54, 1.807) is 6.20 Å². The van der Waals surface area contributed by atoms with Gasteiger partial charge in [-0.2, -0.15) is 0 Å². The lowest BCUT2D eigenvalue weighted by atomic mass is 10.1. The van der Waals surface area contributed by atoms with E-state index in [0.29, 0.717) is 18.5 Å². The van der Waals surface area contributed by atoms with E-state index < -0.39 is 0 Å². The quantitative estimate of drug-likeness (QED) is 0.867. The zero-order valence-electron chi connectivity index (χ0n) is 14.9. The van der Waals surface area contributed by atoms with E-state index in [9.17, 15) is 4.79 Å². The number of carbonyl (C=O) groups excluding carboxylic acids is 1. The highest BCUT2D eigenvalue weighted by atomic mass is 16.5. The van der Waals surface area contributed by atoms with Crippen molar-refractivity contribution in [3.63, 3.8) is 0 Å². The maximum absolute atomic E-state index is 12.7. The van der Waals surface area contributed by atoms with Gasteiger partial charge in [0.25, 0.3) is 0 Å². The maximum atomic E-state index is 12.7. The molecular formula is C21H25N3O2. The SMILES string of the molecule is O=C(NCc1cccc(-c2ccccn2)c1)N(CC1CCOC1)C1CC1. The van der Waals surface area contributed by atoms with E-state index >= 15 is 0 Å². The Kier molecular flexibility index (Phi) is 5.16. The molecule has 1 N–H and O–H groups in total. The first-order valence-electron chi connectivity index (χ1n) is 9.42. The third kappa shape index (κ3) is 4.22. The van der Waals surface area contributed by atoms with Crippen molar-refractivity contribution in [2.24, 2.45) is 5.92 Å². The van der Waals surface area contributed by atoms with Crippen LogP contribution in [0.1, 0.15) is 24.8 Å². The number of nitrogens with zero attached hydrogens (tertiary/aromatic N) is 2. The largest absolute Gasteiger partial charge is 0.381 e. The molecular weight excluding hydrogens is 326 g/mol. The summed E-state index contributed by atoms with van der Waals surface area (Å²) in [4.78, 5) is 19.1.